The summed E-state index contributed by atoms with van der Waals surface area (Å²) in [5.41, 5.74) is 1.31. The Labute approximate surface area is 153 Å². The lowest BCUT2D eigenvalue weighted by Crippen LogP contribution is -2.36. The Bertz CT molecular complexity index is 760. The van der Waals surface area contributed by atoms with Gasteiger partial charge in [0.15, 0.2) is 11.6 Å². The first kappa shape index (κ1) is 18.2. The van der Waals surface area contributed by atoms with Crippen molar-refractivity contribution >= 4 is 11.7 Å². The van der Waals surface area contributed by atoms with E-state index in [0.29, 0.717) is 24.5 Å². The van der Waals surface area contributed by atoms with Crippen molar-refractivity contribution in [3.63, 3.8) is 0 Å². The number of rotatable bonds is 6. The van der Waals surface area contributed by atoms with Crippen LogP contribution in [-0.4, -0.2) is 35.5 Å². The molecule has 138 valence electrons. The molecule has 2 aromatic rings. The lowest BCUT2D eigenvalue weighted by atomic mass is 10.1. The standard InChI is InChI=1S/C20H24FN3O2/c1-2-26-18-9-8-15(13-17(18)21)14-23-19-16(7-6-10-22-19)20(25)24-11-4-3-5-12-24/h6-10,13H,2-5,11-12,14H2,1H3,(H,22,23). The summed E-state index contributed by atoms with van der Waals surface area (Å²) in [6.45, 7) is 4.19. The Kier molecular flexibility index (Phi) is 6.04. The SMILES string of the molecule is CCOc1ccc(CNc2ncccc2C(=O)N2CCCCC2)cc1F. The summed E-state index contributed by atoms with van der Waals surface area (Å²) >= 11 is 0. The predicted molar refractivity (Wildman–Crippen MR) is 98.9 cm³/mol. The number of hydrogen-bond donors (Lipinski definition) is 1. The lowest BCUT2D eigenvalue weighted by molar-refractivity contribution is 0.0725. The van der Waals surface area contributed by atoms with E-state index in [2.05, 4.69) is 10.3 Å². The first-order chi connectivity index (χ1) is 12.7. The van der Waals surface area contributed by atoms with Gasteiger partial charge in [0, 0.05) is 25.8 Å². The van der Waals surface area contributed by atoms with Gasteiger partial charge in [-0.05, 0) is 56.0 Å². The van der Waals surface area contributed by atoms with Gasteiger partial charge in [-0.3, -0.25) is 4.79 Å². The smallest absolute Gasteiger partial charge is 0.257 e. The number of nitrogens with zero attached hydrogens (tertiary/aromatic N) is 2. The largest absolute Gasteiger partial charge is 0.491 e. The zero-order chi connectivity index (χ0) is 18.4. The molecule has 0 unspecified atom stereocenters. The fourth-order valence-corrected chi connectivity index (χ4v) is 3.10. The Morgan fingerprint density at radius 3 is 2.81 bits per heavy atom. The monoisotopic (exact) mass is 357 g/mol. The summed E-state index contributed by atoms with van der Waals surface area (Å²) in [6, 6.07) is 8.40. The van der Waals surface area contributed by atoms with E-state index in [0.717, 1.165) is 31.5 Å². The van der Waals surface area contributed by atoms with E-state index in [-0.39, 0.29) is 11.7 Å². The highest BCUT2D eigenvalue weighted by atomic mass is 19.1. The van der Waals surface area contributed by atoms with Crippen LogP contribution in [0.2, 0.25) is 0 Å². The van der Waals surface area contributed by atoms with E-state index in [1.165, 1.54) is 12.5 Å². The molecule has 1 aromatic heterocycles. The number of amides is 1. The molecule has 1 aliphatic rings. The molecule has 0 spiro atoms. The summed E-state index contributed by atoms with van der Waals surface area (Å²) in [5.74, 6) is 0.377. The molecule has 1 amide bonds. The van der Waals surface area contributed by atoms with Gasteiger partial charge in [0.2, 0.25) is 0 Å². The second kappa shape index (κ2) is 8.65. The molecule has 0 atom stereocenters. The third kappa shape index (κ3) is 4.31. The number of pyridine rings is 1. The number of carbonyl (C=O) groups is 1. The maximum absolute atomic E-state index is 14.0. The van der Waals surface area contributed by atoms with Gasteiger partial charge in [0.25, 0.3) is 5.91 Å². The van der Waals surface area contributed by atoms with Crippen LogP contribution in [0.1, 0.15) is 42.1 Å². The maximum Gasteiger partial charge on any atom is 0.257 e. The van der Waals surface area contributed by atoms with Gasteiger partial charge in [-0.25, -0.2) is 9.37 Å². The highest BCUT2D eigenvalue weighted by Gasteiger charge is 2.21. The molecule has 0 radical (unpaired) electrons. The summed E-state index contributed by atoms with van der Waals surface area (Å²) in [5, 5.41) is 3.16. The molecule has 0 saturated carbocycles. The normalized spacial score (nSPS) is 14.2. The van der Waals surface area contributed by atoms with Crippen LogP contribution in [0, 0.1) is 5.82 Å². The van der Waals surface area contributed by atoms with E-state index in [9.17, 15) is 9.18 Å². The number of benzene rings is 1. The molecule has 1 aliphatic heterocycles. The molecule has 2 heterocycles. The van der Waals surface area contributed by atoms with E-state index in [1.807, 2.05) is 11.8 Å². The van der Waals surface area contributed by atoms with E-state index in [4.69, 9.17) is 4.74 Å². The first-order valence-electron chi connectivity index (χ1n) is 9.08. The molecule has 1 aromatic carbocycles. The number of carbonyl (C=O) groups excluding carboxylic acids is 1. The number of hydrogen-bond acceptors (Lipinski definition) is 4. The molecule has 0 aliphatic carbocycles. The number of halogens is 1. The van der Waals surface area contributed by atoms with Crippen LogP contribution < -0.4 is 10.1 Å². The quantitative estimate of drug-likeness (QED) is 0.853. The van der Waals surface area contributed by atoms with Crippen molar-refractivity contribution in [2.45, 2.75) is 32.7 Å². The molecule has 0 bridgehead atoms. The molecule has 3 rings (SSSR count). The minimum Gasteiger partial charge on any atom is -0.491 e. The van der Waals surface area contributed by atoms with Gasteiger partial charge < -0.3 is 15.0 Å². The van der Waals surface area contributed by atoms with Crippen LogP contribution in [0.5, 0.6) is 5.75 Å². The summed E-state index contributed by atoms with van der Waals surface area (Å²) in [6.07, 6.45) is 4.90. The fraction of sp³-hybridized carbons (Fsp3) is 0.400. The Balaban J connectivity index is 1.70. The molecular weight excluding hydrogens is 333 g/mol. The molecule has 1 N–H and O–H groups in total. The van der Waals surface area contributed by atoms with Crippen LogP contribution in [0.25, 0.3) is 0 Å². The highest BCUT2D eigenvalue weighted by molar-refractivity contribution is 5.98. The van der Waals surface area contributed by atoms with Crippen LogP contribution in [0.15, 0.2) is 36.5 Å². The second-order valence-electron chi connectivity index (χ2n) is 6.30. The number of aromatic nitrogens is 1. The van der Waals surface area contributed by atoms with Crippen molar-refractivity contribution in [3.05, 3.63) is 53.5 Å². The molecule has 26 heavy (non-hydrogen) atoms. The van der Waals surface area contributed by atoms with Crippen LogP contribution in [0.3, 0.4) is 0 Å². The zero-order valence-electron chi connectivity index (χ0n) is 15.0. The maximum atomic E-state index is 14.0. The molecular formula is C20H24FN3O2. The Hall–Kier alpha value is -2.63. The number of nitrogens with one attached hydrogen (secondary N) is 1. The van der Waals surface area contributed by atoms with Crippen molar-refractivity contribution in [2.75, 3.05) is 25.0 Å². The minimum atomic E-state index is -0.392. The molecule has 5 nitrogen and oxygen atoms in total. The van der Waals surface area contributed by atoms with Gasteiger partial charge >= 0.3 is 0 Å². The lowest BCUT2D eigenvalue weighted by Gasteiger charge is -2.27. The second-order valence-corrected chi connectivity index (χ2v) is 6.30. The molecule has 1 saturated heterocycles. The number of likely N-dealkylation sites (tertiary alicyclic amines) is 1. The zero-order valence-corrected chi connectivity index (χ0v) is 15.0. The summed E-state index contributed by atoms with van der Waals surface area (Å²) in [4.78, 5) is 19.0. The van der Waals surface area contributed by atoms with Gasteiger partial charge in [0.05, 0.1) is 12.2 Å². The van der Waals surface area contributed by atoms with Crippen LogP contribution >= 0.6 is 0 Å². The highest BCUT2D eigenvalue weighted by Crippen LogP contribution is 2.21. The van der Waals surface area contributed by atoms with Gasteiger partial charge in [-0.2, -0.15) is 0 Å². The fourth-order valence-electron chi connectivity index (χ4n) is 3.10. The molecule has 1 fully saturated rings. The van der Waals surface area contributed by atoms with Crippen molar-refractivity contribution in [3.8, 4) is 5.75 Å². The summed E-state index contributed by atoms with van der Waals surface area (Å²) < 4.78 is 19.2. The molecule has 6 heteroatoms. The van der Waals surface area contributed by atoms with Crippen LogP contribution in [-0.2, 0) is 6.54 Å². The van der Waals surface area contributed by atoms with E-state index in [1.54, 1.807) is 30.5 Å². The Morgan fingerprint density at radius 1 is 1.27 bits per heavy atom. The van der Waals surface area contributed by atoms with Crippen molar-refractivity contribution in [1.29, 1.82) is 0 Å². The van der Waals surface area contributed by atoms with E-state index < -0.39 is 5.82 Å². The van der Waals surface area contributed by atoms with Gasteiger partial charge in [-0.1, -0.05) is 6.07 Å². The van der Waals surface area contributed by atoms with Gasteiger partial charge in [0.1, 0.15) is 5.82 Å². The number of piperidine rings is 1. The summed E-state index contributed by atoms with van der Waals surface area (Å²) in [7, 11) is 0. The number of ether oxygens (including phenoxy) is 1. The minimum absolute atomic E-state index is 0.00169. The van der Waals surface area contributed by atoms with Crippen molar-refractivity contribution in [1.82, 2.24) is 9.88 Å². The van der Waals surface area contributed by atoms with Gasteiger partial charge in [-0.15, -0.1) is 0 Å². The third-order valence-corrected chi connectivity index (χ3v) is 4.44. The van der Waals surface area contributed by atoms with Crippen molar-refractivity contribution in [2.24, 2.45) is 0 Å². The predicted octanol–water partition coefficient (Wildman–Crippen LogP) is 3.86. The van der Waals surface area contributed by atoms with E-state index >= 15 is 0 Å². The van der Waals surface area contributed by atoms with Crippen LogP contribution in [0.4, 0.5) is 10.2 Å². The van der Waals surface area contributed by atoms with Crippen molar-refractivity contribution < 1.29 is 13.9 Å². The Morgan fingerprint density at radius 2 is 2.08 bits per heavy atom. The topological polar surface area (TPSA) is 54.5 Å². The first-order valence-corrected chi connectivity index (χ1v) is 9.08. The average Bonchev–Trinajstić information content (AvgIpc) is 2.69. The number of anilines is 1. The third-order valence-electron chi connectivity index (χ3n) is 4.44. The average molecular weight is 357 g/mol.